The average molecular weight is 498 g/mol. The summed E-state index contributed by atoms with van der Waals surface area (Å²) in [6.45, 7) is 8.76. The Kier molecular flexibility index (Phi) is 6.30. The highest BCUT2D eigenvalue weighted by atomic mass is 35.5. The average Bonchev–Trinajstić information content (AvgIpc) is 2.72. The van der Waals surface area contributed by atoms with E-state index in [9.17, 15) is 18.0 Å². The van der Waals surface area contributed by atoms with Crippen molar-refractivity contribution < 1.29 is 22.7 Å². The molecule has 2 atom stereocenters. The number of fused-ring (bicyclic) bond motifs is 2. The largest absolute Gasteiger partial charge is 0.444 e. The molecule has 0 radical (unpaired) electrons. The standard InChI is InChI=1S/C23H27ClF3N5O2/c1-5-13-8-14(32-15-9-16(32)12-31(11-15)21(33)34-22(2,3)4)6-7-18(13)29-20-28-10-17(19(24)30-20)23(25,26)27/h6-8,10,15-16H,5,9,11-12H2,1-4H3,(H,28,29,30). The molecule has 1 N–H and O–H groups in total. The molecule has 34 heavy (non-hydrogen) atoms. The smallest absolute Gasteiger partial charge is 0.420 e. The number of alkyl halides is 3. The van der Waals surface area contributed by atoms with Gasteiger partial charge in [-0.25, -0.2) is 14.8 Å². The molecule has 0 aliphatic carbocycles. The summed E-state index contributed by atoms with van der Waals surface area (Å²) in [5, 5.41) is 2.33. The third-order valence-electron chi connectivity index (χ3n) is 5.91. The third kappa shape index (κ3) is 5.01. The van der Waals surface area contributed by atoms with Crippen molar-refractivity contribution in [1.29, 1.82) is 0 Å². The molecular weight excluding hydrogens is 471 g/mol. The number of aryl methyl sites for hydroxylation is 1. The number of hydrogen-bond acceptors (Lipinski definition) is 6. The maximum atomic E-state index is 12.9. The van der Waals surface area contributed by atoms with Crippen molar-refractivity contribution in [2.75, 3.05) is 23.3 Å². The lowest BCUT2D eigenvalue weighted by atomic mass is 9.86. The van der Waals surface area contributed by atoms with Crippen LogP contribution in [0.5, 0.6) is 0 Å². The Labute approximate surface area is 201 Å². The van der Waals surface area contributed by atoms with Gasteiger partial charge in [-0.3, -0.25) is 0 Å². The second-order valence-electron chi connectivity index (χ2n) is 9.55. The monoisotopic (exact) mass is 497 g/mol. The SMILES string of the molecule is CCc1cc(N2C3CC2CN(C(=O)OC(C)(C)C)C3)ccc1Nc1ncc(C(F)(F)F)c(Cl)n1. The summed E-state index contributed by atoms with van der Waals surface area (Å²) < 4.78 is 44.2. The molecule has 2 aliphatic heterocycles. The molecule has 0 saturated carbocycles. The molecule has 0 spiro atoms. The lowest BCUT2D eigenvalue weighted by Gasteiger charge is -2.57. The van der Waals surface area contributed by atoms with E-state index in [1.807, 2.05) is 39.8 Å². The van der Waals surface area contributed by atoms with Gasteiger partial charge in [0.1, 0.15) is 16.3 Å². The number of amides is 1. The highest BCUT2D eigenvalue weighted by Gasteiger charge is 2.46. The second-order valence-corrected chi connectivity index (χ2v) is 9.91. The van der Waals surface area contributed by atoms with Crippen molar-refractivity contribution in [3.8, 4) is 0 Å². The fourth-order valence-corrected chi connectivity index (χ4v) is 4.63. The molecular formula is C23H27ClF3N5O2. The molecule has 4 rings (SSSR count). The van der Waals surface area contributed by atoms with Crippen molar-refractivity contribution in [3.63, 3.8) is 0 Å². The van der Waals surface area contributed by atoms with Gasteiger partial charge >= 0.3 is 12.3 Å². The topological polar surface area (TPSA) is 70.6 Å². The number of ether oxygens (including phenoxy) is 1. The summed E-state index contributed by atoms with van der Waals surface area (Å²) in [6, 6.07) is 6.30. The predicted octanol–water partition coefficient (Wildman–Crippen LogP) is 5.65. The van der Waals surface area contributed by atoms with Crippen LogP contribution in [0.4, 0.5) is 35.3 Å². The number of aromatic nitrogens is 2. The Hall–Kier alpha value is -2.75. The van der Waals surface area contributed by atoms with Crippen LogP contribution >= 0.6 is 11.6 Å². The lowest BCUT2D eigenvalue weighted by Crippen LogP contribution is -2.70. The van der Waals surface area contributed by atoms with E-state index >= 15 is 0 Å². The third-order valence-corrected chi connectivity index (χ3v) is 6.20. The van der Waals surface area contributed by atoms with E-state index in [0.29, 0.717) is 31.4 Å². The summed E-state index contributed by atoms with van der Waals surface area (Å²) in [5.74, 6) is -0.00530. The summed E-state index contributed by atoms with van der Waals surface area (Å²) in [6.07, 6.45) is -2.52. The van der Waals surface area contributed by atoms with Gasteiger partial charge in [0.05, 0.1) is 0 Å². The maximum Gasteiger partial charge on any atom is 0.420 e. The van der Waals surface area contributed by atoms with E-state index in [1.165, 1.54) is 0 Å². The van der Waals surface area contributed by atoms with Gasteiger partial charge in [-0.05, 0) is 57.4 Å². The molecule has 2 fully saturated rings. The second kappa shape index (κ2) is 8.79. The fraction of sp³-hybridized carbons (Fsp3) is 0.522. The Bertz CT molecular complexity index is 1080. The minimum Gasteiger partial charge on any atom is -0.444 e. The number of nitrogens with zero attached hydrogens (tertiary/aromatic N) is 4. The molecule has 2 bridgehead atoms. The van der Waals surface area contributed by atoms with Crippen molar-refractivity contribution in [3.05, 3.63) is 40.7 Å². The zero-order valence-corrected chi connectivity index (χ0v) is 20.2. The first-order valence-electron chi connectivity index (χ1n) is 11.1. The zero-order valence-electron chi connectivity index (χ0n) is 19.4. The van der Waals surface area contributed by atoms with Crippen LogP contribution in [0.1, 0.15) is 45.2 Å². The molecule has 3 heterocycles. The molecule has 1 amide bonds. The van der Waals surface area contributed by atoms with Crippen LogP contribution in [-0.2, 0) is 17.3 Å². The predicted molar refractivity (Wildman–Crippen MR) is 124 cm³/mol. The number of likely N-dealkylation sites (tertiary alicyclic amines) is 1. The van der Waals surface area contributed by atoms with Gasteiger partial charge in [-0.15, -0.1) is 0 Å². The van der Waals surface area contributed by atoms with Crippen molar-refractivity contribution >= 4 is 35.0 Å². The highest BCUT2D eigenvalue weighted by Crippen LogP contribution is 2.39. The highest BCUT2D eigenvalue weighted by molar-refractivity contribution is 6.30. The quantitative estimate of drug-likeness (QED) is 0.550. The van der Waals surface area contributed by atoms with Crippen molar-refractivity contribution in [1.82, 2.24) is 14.9 Å². The first-order chi connectivity index (χ1) is 15.9. The first kappa shape index (κ1) is 24.4. The number of hydrogen-bond donors (Lipinski definition) is 1. The molecule has 2 unspecified atom stereocenters. The van der Waals surface area contributed by atoms with E-state index in [-0.39, 0.29) is 24.1 Å². The number of rotatable bonds is 4. The summed E-state index contributed by atoms with van der Waals surface area (Å²) in [5.41, 5.74) is 1.10. The number of halogens is 4. The fourth-order valence-electron chi connectivity index (χ4n) is 4.39. The van der Waals surface area contributed by atoms with E-state index in [2.05, 4.69) is 26.3 Å². The molecule has 2 aliphatic rings. The number of carbonyl (C=O) groups excluding carboxylic acids is 1. The van der Waals surface area contributed by atoms with Crippen LogP contribution < -0.4 is 10.2 Å². The molecule has 184 valence electrons. The Balaban J connectivity index is 1.47. The molecule has 1 aromatic carbocycles. The van der Waals surface area contributed by atoms with Gasteiger partial charge < -0.3 is 19.9 Å². The van der Waals surface area contributed by atoms with Crippen molar-refractivity contribution in [2.45, 2.75) is 64.4 Å². The van der Waals surface area contributed by atoms with Crippen LogP contribution in [0.25, 0.3) is 0 Å². The zero-order chi connectivity index (χ0) is 24.8. The van der Waals surface area contributed by atoms with Gasteiger partial charge in [-0.2, -0.15) is 13.2 Å². The van der Waals surface area contributed by atoms with Gasteiger partial charge in [-0.1, -0.05) is 18.5 Å². The van der Waals surface area contributed by atoms with Gasteiger partial charge in [0.2, 0.25) is 5.95 Å². The number of piperazine rings is 1. The normalized spacial score (nSPS) is 20.1. The van der Waals surface area contributed by atoms with Crippen LogP contribution in [0.2, 0.25) is 5.15 Å². The molecule has 7 nitrogen and oxygen atoms in total. The van der Waals surface area contributed by atoms with Crippen molar-refractivity contribution in [2.24, 2.45) is 0 Å². The minimum absolute atomic E-state index is 0.00530. The maximum absolute atomic E-state index is 12.9. The van der Waals surface area contributed by atoms with E-state index in [4.69, 9.17) is 16.3 Å². The summed E-state index contributed by atoms with van der Waals surface area (Å²) >= 11 is 5.72. The Morgan fingerprint density at radius 3 is 2.47 bits per heavy atom. The minimum atomic E-state index is -4.61. The van der Waals surface area contributed by atoms with Crippen LogP contribution in [0, 0.1) is 0 Å². The van der Waals surface area contributed by atoms with Crippen LogP contribution in [-0.4, -0.2) is 51.7 Å². The first-order valence-corrected chi connectivity index (χ1v) is 11.5. The van der Waals surface area contributed by atoms with E-state index in [0.717, 1.165) is 17.7 Å². The number of carbonyl (C=O) groups is 1. The van der Waals surface area contributed by atoms with E-state index in [1.54, 1.807) is 4.90 Å². The lowest BCUT2D eigenvalue weighted by molar-refractivity contribution is -0.137. The molecule has 11 heteroatoms. The molecule has 1 aromatic heterocycles. The van der Waals surface area contributed by atoms with Gasteiger partial charge in [0.25, 0.3) is 0 Å². The van der Waals surface area contributed by atoms with Gasteiger partial charge in [0, 0.05) is 42.7 Å². The summed E-state index contributed by atoms with van der Waals surface area (Å²) in [4.78, 5) is 24.0. The van der Waals surface area contributed by atoms with Gasteiger partial charge in [0.15, 0.2) is 0 Å². The van der Waals surface area contributed by atoms with Crippen LogP contribution in [0.3, 0.4) is 0 Å². The van der Waals surface area contributed by atoms with Crippen LogP contribution in [0.15, 0.2) is 24.4 Å². The number of piperidine rings is 1. The molecule has 2 saturated heterocycles. The summed E-state index contributed by atoms with van der Waals surface area (Å²) in [7, 11) is 0. The number of anilines is 3. The number of nitrogens with one attached hydrogen (secondary N) is 1. The van der Waals surface area contributed by atoms with E-state index < -0.39 is 22.5 Å². The number of benzene rings is 1. The Morgan fingerprint density at radius 1 is 1.24 bits per heavy atom. The Morgan fingerprint density at radius 2 is 1.91 bits per heavy atom. The molecule has 2 aromatic rings.